The van der Waals surface area contributed by atoms with Crippen LogP contribution in [0.2, 0.25) is 0 Å². The zero-order chi connectivity index (χ0) is 12.6. The summed E-state index contributed by atoms with van der Waals surface area (Å²) in [5, 5.41) is 9.17. The van der Waals surface area contributed by atoms with E-state index in [-0.39, 0.29) is 11.6 Å². The maximum atomic E-state index is 11.1. The van der Waals surface area contributed by atoms with Gasteiger partial charge in [0.15, 0.2) is 0 Å². The molecule has 2 fully saturated rings. The number of likely N-dealkylation sites (tertiary alicyclic amines) is 2. The van der Waals surface area contributed by atoms with Crippen LogP contribution in [0.4, 0.5) is 0 Å². The Balaban J connectivity index is 1.89. The number of carboxylic acids is 1. The van der Waals surface area contributed by atoms with E-state index in [1.807, 2.05) is 0 Å². The smallest absolute Gasteiger partial charge is 0.320 e. The average Bonchev–Trinajstić information content (AvgIpc) is 2.64. The molecule has 1 unspecified atom stereocenters. The van der Waals surface area contributed by atoms with E-state index in [0.29, 0.717) is 6.04 Å². The molecule has 0 spiro atoms. The highest BCUT2D eigenvalue weighted by atomic mass is 16.4. The molecule has 4 heteroatoms. The molecule has 0 aromatic heterocycles. The molecule has 17 heavy (non-hydrogen) atoms. The number of carboxylic acid groups (broad SMARTS) is 1. The molecule has 0 aromatic carbocycles. The molecule has 0 radical (unpaired) electrons. The maximum absolute atomic E-state index is 11.1. The standard InChI is InChI=1S/C13H24N2O2/c1-4-13(2,3)14-8-10(9-14)15-7-5-6-11(15)12(16)17/h10-11H,4-9H2,1-3H3,(H,16,17). The topological polar surface area (TPSA) is 43.8 Å². The SMILES string of the molecule is CCC(C)(C)N1CC(N2CCCC2C(=O)O)C1. The van der Waals surface area contributed by atoms with Crippen molar-refractivity contribution >= 4 is 5.97 Å². The van der Waals surface area contributed by atoms with Gasteiger partial charge in [0, 0.05) is 24.7 Å². The third kappa shape index (κ3) is 2.33. The van der Waals surface area contributed by atoms with E-state index >= 15 is 0 Å². The van der Waals surface area contributed by atoms with Gasteiger partial charge in [-0.15, -0.1) is 0 Å². The third-order valence-corrected chi connectivity index (χ3v) is 4.63. The Labute approximate surface area is 104 Å². The summed E-state index contributed by atoms with van der Waals surface area (Å²) >= 11 is 0. The fourth-order valence-corrected chi connectivity index (χ4v) is 2.87. The molecule has 0 amide bonds. The third-order valence-electron chi connectivity index (χ3n) is 4.63. The lowest BCUT2D eigenvalue weighted by molar-refractivity contribution is -0.145. The second-order valence-electron chi connectivity index (χ2n) is 5.96. The van der Waals surface area contributed by atoms with Crippen molar-refractivity contribution in [2.75, 3.05) is 19.6 Å². The number of hydrogen-bond donors (Lipinski definition) is 1. The Kier molecular flexibility index (Phi) is 3.46. The summed E-state index contributed by atoms with van der Waals surface area (Å²) in [4.78, 5) is 15.8. The van der Waals surface area contributed by atoms with Crippen LogP contribution in [-0.2, 0) is 4.79 Å². The van der Waals surface area contributed by atoms with Crippen LogP contribution in [0.5, 0.6) is 0 Å². The molecule has 0 aliphatic carbocycles. The van der Waals surface area contributed by atoms with E-state index in [9.17, 15) is 4.79 Å². The van der Waals surface area contributed by atoms with Gasteiger partial charge in [0.25, 0.3) is 0 Å². The lowest BCUT2D eigenvalue weighted by Crippen LogP contribution is -2.66. The molecule has 2 saturated heterocycles. The molecule has 2 aliphatic rings. The fourth-order valence-electron chi connectivity index (χ4n) is 2.87. The van der Waals surface area contributed by atoms with Gasteiger partial charge in [-0.25, -0.2) is 0 Å². The first-order chi connectivity index (χ1) is 7.95. The summed E-state index contributed by atoms with van der Waals surface area (Å²) in [7, 11) is 0. The van der Waals surface area contributed by atoms with Gasteiger partial charge in [-0.05, 0) is 39.7 Å². The van der Waals surface area contributed by atoms with Gasteiger partial charge >= 0.3 is 5.97 Å². The Morgan fingerprint density at radius 1 is 1.41 bits per heavy atom. The number of carbonyl (C=O) groups is 1. The molecule has 0 bridgehead atoms. The van der Waals surface area contributed by atoms with Gasteiger partial charge in [-0.3, -0.25) is 14.6 Å². The van der Waals surface area contributed by atoms with E-state index in [0.717, 1.165) is 38.9 Å². The van der Waals surface area contributed by atoms with Gasteiger partial charge in [0.1, 0.15) is 6.04 Å². The molecule has 98 valence electrons. The van der Waals surface area contributed by atoms with Crippen LogP contribution in [0.3, 0.4) is 0 Å². The zero-order valence-corrected chi connectivity index (χ0v) is 11.1. The molecule has 4 nitrogen and oxygen atoms in total. The van der Waals surface area contributed by atoms with Crippen molar-refractivity contribution < 1.29 is 9.90 Å². The Bertz CT molecular complexity index is 298. The first-order valence-electron chi connectivity index (χ1n) is 6.69. The molecule has 2 heterocycles. The minimum atomic E-state index is -0.643. The molecule has 1 atom stereocenters. The van der Waals surface area contributed by atoms with Crippen LogP contribution in [0.1, 0.15) is 40.0 Å². The Morgan fingerprint density at radius 3 is 2.59 bits per heavy atom. The van der Waals surface area contributed by atoms with Crippen molar-refractivity contribution in [3.05, 3.63) is 0 Å². The highest BCUT2D eigenvalue weighted by Gasteiger charge is 2.44. The van der Waals surface area contributed by atoms with Crippen LogP contribution in [-0.4, -0.2) is 58.1 Å². The highest BCUT2D eigenvalue weighted by molar-refractivity contribution is 5.73. The number of nitrogens with zero attached hydrogens (tertiary/aromatic N) is 2. The van der Waals surface area contributed by atoms with Crippen molar-refractivity contribution in [1.82, 2.24) is 9.80 Å². The van der Waals surface area contributed by atoms with Crippen molar-refractivity contribution in [3.63, 3.8) is 0 Å². The van der Waals surface area contributed by atoms with Crippen LogP contribution in [0, 0.1) is 0 Å². The zero-order valence-electron chi connectivity index (χ0n) is 11.1. The van der Waals surface area contributed by atoms with Gasteiger partial charge < -0.3 is 5.11 Å². The van der Waals surface area contributed by atoms with Gasteiger partial charge in [0.2, 0.25) is 0 Å². The van der Waals surface area contributed by atoms with Crippen LogP contribution in [0.15, 0.2) is 0 Å². The van der Waals surface area contributed by atoms with Crippen LogP contribution >= 0.6 is 0 Å². The summed E-state index contributed by atoms with van der Waals surface area (Å²) in [6.45, 7) is 9.77. The first kappa shape index (κ1) is 12.8. The summed E-state index contributed by atoms with van der Waals surface area (Å²) in [5.74, 6) is -0.643. The molecule has 0 aromatic rings. The summed E-state index contributed by atoms with van der Waals surface area (Å²) < 4.78 is 0. The van der Waals surface area contributed by atoms with Crippen molar-refractivity contribution in [2.45, 2.75) is 57.7 Å². The largest absolute Gasteiger partial charge is 0.480 e. The summed E-state index contributed by atoms with van der Waals surface area (Å²) in [5.41, 5.74) is 0.259. The predicted molar refractivity (Wildman–Crippen MR) is 67.1 cm³/mol. The van der Waals surface area contributed by atoms with Gasteiger partial charge in [0.05, 0.1) is 0 Å². The van der Waals surface area contributed by atoms with Crippen LogP contribution < -0.4 is 0 Å². The van der Waals surface area contributed by atoms with Crippen molar-refractivity contribution in [2.24, 2.45) is 0 Å². The van der Waals surface area contributed by atoms with E-state index < -0.39 is 5.97 Å². The summed E-state index contributed by atoms with van der Waals surface area (Å²) in [6.07, 6.45) is 3.00. The van der Waals surface area contributed by atoms with Crippen LogP contribution in [0.25, 0.3) is 0 Å². The molecule has 2 aliphatic heterocycles. The minimum absolute atomic E-state index is 0.230. The lowest BCUT2D eigenvalue weighted by Gasteiger charge is -2.52. The molecule has 0 saturated carbocycles. The van der Waals surface area contributed by atoms with E-state index in [4.69, 9.17) is 5.11 Å². The second-order valence-corrected chi connectivity index (χ2v) is 5.96. The molecular weight excluding hydrogens is 216 g/mol. The first-order valence-corrected chi connectivity index (χ1v) is 6.69. The van der Waals surface area contributed by atoms with E-state index in [2.05, 4.69) is 30.6 Å². The molecule has 2 rings (SSSR count). The van der Waals surface area contributed by atoms with Gasteiger partial charge in [-0.1, -0.05) is 6.92 Å². The number of aliphatic carboxylic acids is 1. The van der Waals surface area contributed by atoms with Gasteiger partial charge in [-0.2, -0.15) is 0 Å². The Hall–Kier alpha value is -0.610. The minimum Gasteiger partial charge on any atom is -0.480 e. The van der Waals surface area contributed by atoms with Crippen molar-refractivity contribution in [3.8, 4) is 0 Å². The second kappa shape index (κ2) is 4.58. The highest BCUT2D eigenvalue weighted by Crippen LogP contribution is 2.31. The van der Waals surface area contributed by atoms with Crippen molar-refractivity contribution in [1.29, 1.82) is 0 Å². The normalized spacial score (nSPS) is 28.3. The molecular formula is C13H24N2O2. The van der Waals surface area contributed by atoms with E-state index in [1.165, 1.54) is 0 Å². The lowest BCUT2D eigenvalue weighted by atomic mass is 9.92. The maximum Gasteiger partial charge on any atom is 0.320 e. The number of rotatable bonds is 4. The molecule has 1 N–H and O–H groups in total. The average molecular weight is 240 g/mol. The monoisotopic (exact) mass is 240 g/mol. The summed E-state index contributed by atoms with van der Waals surface area (Å²) in [6, 6.07) is 0.233. The Morgan fingerprint density at radius 2 is 2.06 bits per heavy atom. The van der Waals surface area contributed by atoms with E-state index in [1.54, 1.807) is 0 Å². The predicted octanol–water partition coefficient (Wildman–Crippen LogP) is 1.41. The quantitative estimate of drug-likeness (QED) is 0.807. The number of hydrogen-bond acceptors (Lipinski definition) is 3. The fraction of sp³-hybridized carbons (Fsp3) is 0.923.